The Kier molecular flexibility index (Phi) is 6.33. The van der Waals surface area contributed by atoms with E-state index >= 15 is 0 Å². The molecule has 0 aliphatic heterocycles. The first-order chi connectivity index (χ1) is 9.58. The molecule has 0 saturated heterocycles. The minimum atomic E-state index is 0.0728. The fourth-order valence-corrected chi connectivity index (χ4v) is 3.17. The number of thiol groups is 1. The van der Waals surface area contributed by atoms with E-state index in [1.54, 1.807) is 4.68 Å². The number of nitrogens with zero attached hydrogens (tertiary/aromatic N) is 3. The van der Waals surface area contributed by atoms with Gasteiger partial charge in [-0.15, -0.1) is 5.10 Å². The van der Waals surface area contributed by atoms with Crippen LogP contribution in [0.3, 0.4) is 0 Å². The van der Waals surface area contributed by atoms with E-state index in [9.17, 15) is 0 Å². The van der Waals surface area contributed by atoms with Gasteiger partial charge in [0.1, 0.15) is 0 Å². The molecule has 4 heteroatoms. The first-order valence-electron chi connectivity index (χ1n) is 8.10. The van der Waals surface area contributed by atoms with Crippen molar-refractivity contribution in [3.05, 3.63) is 11.9 Å². The first-order valence-corrected chi connectivity index (χ1v) is 8.73. The molecule has 1 rings (SSSR count). The Morgan fingerprint density at radius 1 is 1.19 bits per heavy atom. The molecule has 1 aromatic heterocycles. The number of hydrogen-bond donors (Lipinski definition) is 1. The van der Waals surface area contributed by atoms with Crippen LogP contribution in [0.1, 0.15) is 73.4 Å². The number of rotatable bonds is 8. The van der Waals surface area contributed by atoms with Gasteiger partial charge in [-0.3, -0.25) is 0 Å². The standard InChI is InChI=1S/C17H33N3S/c1-13(2)10-17(6,7)14(3)8-9-16(4,5)15-11-20(12-21)19-18-15/h11,13-14,21H,8-10,12H2,1-7H3. The van der Waals surface area contributed by atoms with Gasteiger partial charge in [0.15, 0.2) is 0 Å². The van der Waals surface area contributed by atoms with Gasteiger partial charge in [0, 0.05) is 11.6 Å². The number of aromatic nitrogens is 3. The van der Waals surface area contributed by atoms with Crippen LogP contribution in [0.4, 0.5) is 0 Å². The highest BCUT2D eigenvalue weighted by molar-refractivity contribution is 7.79. The predicted octanol–water partition coefficient (Wildman–Crippen LogP) is 4.93. The van der Waals surface area contributed by atoms with Crippen molar-refractivity contribution in [2.45, 2.75) is 79.0 Å². The van der Waals surface area contributed by atoms with Crippen LogP contribution >= 0.6 is 12.6 Å². The van der Waals surface area contributed by atoms with Crippen LogP contribution in [0.5, 0.6) is 0 Å². The topological polar surface area (TPSA) is 30.7 Å². The Bertz CT molecular complexity index is 435. The summed E-state index contributed by atoms with van der Waals surface area (Å²) in [5.74, 6) is 2.05. The average Bonchev–Trinajstić information content (AvgIpc) is 2.83. The van der Waals surface area contributed by atoms with Crippen LogP contribution in [-0.2, 0) is 11.3 Å². The Balaban J connectivity index is 2.64. The Hall–Kier alpha value is -0.510. The second-order valence-electron chi connectivity index (χ2n) is 8.19. The predicted molar refractivity (Wildman–Crippen MR) is 93.7 cm³/mol. The van der Waals surface area contributed by atoms with E-state index in [0.29, 0.717) is 17.2 Å². The molecule has 0 radical (unpaired) electrons. The normalized spacial score (nSPS) is 14.7. The summed E-state index contributed by atoms with van der Waals surface area (Å²) in [6, 6.07) is 0. The second kappa shape index (κ2) is 7.17. The lowest BCUT2D eigenvalue weighted by molar-refractivity contribution is 0.165. The molecule has 0 amide bonds. The van der Waals surface area contributed by atoms with Crippen LogP contribution in [0.2, 0.25) is 0 Å². The molecule has 0 aromatic carbocycles. The lowest BCUT2D eigenvalue weighted by Gasteiger charge is -2.35. The van der Waals surface area contributed by atoms with Crippen LogP contribution < -0.4 is 0 Å². The van der Waals surface area contributed by atoms with Gasteiger partial charge >= 0.3 is 0 Å². The summed E-state index contributed by atoms with van der Waals surface area (Å²) in [6.07, 6.45) is 5.67. The van der Waals surface area contributed by atoms with Crippen molar-refractivity contribution in [3.63, 3.8) is 0 Å². The quantitative estimate of drug-likeness (QED) is 0.690. The van der Waals surface area contributed by atoms with Gasteiger partial charge in [-0.2, -0.15) is 12.6 Å². The highest BCUT2D eigenvalue weighted by Crippen LogP contribution is 2.39. The molecule has 0 N–H and O–H groups in total. The molecule has 3 nitrogen and oxygen atoms in total. The summed E-state index contributed by atoms with van der Waals surface area (Å²) in [7, 11) is 0. The van der Waals surface area contributed by atoms with E-state index < -0.39 is 0 Å². The summed E-state index contributed by atoms with van der Waals surface area (Å²) in [6.45, 7) is 16.4. The zero-order valence-electron chi connectivity index (χ0n) is 14.8. The van der Waals surface area contributed by atoms with Gasteiger partial charge in [0.2, 0.25) is 0 Å². The Labute approximate surface area is 136 Å². The third kappa shape index (κ3) is 5.32. The minimum absolute atomic E-state index is 0.0728. The fraction of sp³-hybridized carbons (Fsp3) is 0.882. The average molecular weight is 312 g/mol. The van der Waals surface area contributed by atoms with Crippen molar-refractivity contribution in [3.8, 4) is 0 Å². The van der Waals surface area contributed by atoms with Crippen molar-refractivity contribution >= 4 is 12.6 Å². The van der Waals surface area contributed by atoms with E-state index in [4.69, 9.17) is 0 Å². The maximum absolute atomic E-state index is 4.31. The van der Waals surface area contributed by atoms with Crippen molar-refractivity contribution < 1.29 is 0 Å². The van der Waals surface area contributed by atoms with Gasteiger partial charge in [0.05, 0.1) is 11.6 Å². The molecule has 1 unspecified atom stereocenters. The lowest BCUT2D eigenvalue weighted by Crippen LogP contribution is -2.26. The second-order valence-corrected chi connectivity index (χ2v) is 8.48. The number of hydrogen-bond acceptors (Lipinski definition) is 3. The van der Waals surface area contributed by atoms with Gasteiger partial charge in [-0.1, -0.05) is 53.7 Å². The molecule has 122 valence electrons. The maximum Gasteiger partial charge on any atom is 0.0883 e. The fourth-order valence-electron chi connectivity index (χ4n) is 3.03. The molecule has 0 spiro atoms. The van der Waals surface area contributed by atoms with E-state index in [-0.39, 0.29) is 5.41 Å². The van der Waals surface area contributed by atoms with Crippen LogP contribution in [0.15, 0.2) is 6.20 Å². The highest BCUT2D eigenvalue weighted by atomic mass is 32.1. The highest BCUT2D eigenvalue weighted by Gasteiger charge is 2.30. The van der Waals surface area contributed by atoms with Crippen molar-refractivity contribution in [1.29, 1.82) is 0 Å². The molecular formula is C17H33N3S. The monoisotopic (exact) mass is 311 g/mol. The van der Waals surface area contributed by atoms with E-state index in [2.05, 4.69) is 71.4 Å². The molecule has 1 aromatic rings. The largest absolute Gasteiger partial charge is 0.243 e. The third-order valence-corrected chi connectivity index (χ3v) is 5.14. The van der Waals surface area contributed by atoms with Crippen molar-refractivity contribution in [2.24, 2.45) is 17.3 Å². The zero-order chi connectivity index (χ0) is 16.3. The van der Waals surface area contributed by atoms with Gasteiger partial charge in [-0.05, 0) is 36.5 Å². The third-order valence-electron chi connectivity index (χ3n) is 4.85. The molecule has 0 aliphatic rings. The zero-order valence-corrected chi connectivity index (χ0v) is 15.7. The minimum Gasteiger partial charge on any atom is -0.243 e. The van der Waals surface area contributed by atoms with E-state index in [0.717, 1.165) is 18.0 Å². The van der Waals surface area contributed by atoms with Gasteiger partial charge < -0.3 is 0 Å². The van der Waals surface area contributed by atoms with Crippen LogP contribution in [0.25, 0.3) is 0 Å². The van der Waals surface area contributed by atoms with Crippen molar-refractivity contribution in [1.82, 2.24) is 15.0 Å². The Morgan fingerprint density at radius 3 is 2.29 bits per heavy atom. The maximum atomic E-state index is 4.31. The lowest BCUT2D eigenvalue weighted by atomic mass is 9.70. The summed E-state index contributed by atoms with van der Waals surface area (Å²) in [5, 5.41) is 8.42. The molecule has 0 bridgehead atoms. The van der Waals surface area contributed by atoms with Gasteiger partial charge in [-0.25, -0.2) is 4.68 Å². The summed E-state index contributed by atoms with van der Waals surface area (Å²) >= 11 is 4.23. The molecule has 1 atom stereocenters. The molecule has 0 saturated carbocycles. The smallest absolute Gasteiger partial charge is 0.0883 e. The van der Waals surface area contributed by atoms with Crippen LogP contribution in [-0.4, -0.2) is 15.0 Å². The summed E-state index contributed by atoms with van der Waals surface area (Å²) in [4.78, 5) is 0. The molecule has 0 aliphatic carbocycles. The molecule has 21 heavy (non-hydrogen) atoms. The Morgan fingerprint density at radius 2 is 1.81 bits per heavy atom. The first kappa shape index (κ1) is 18.5. The summed E-state index contributed by atoms with van der Waals surface area (Å²) < 4.78 is 1.78. The van der Waals surface area contributed by atoms with E-state index in [1.165, 1.54) is 12.8 Å². The van der Waals surface area contributed by atoms with Gasteiger partial charge in [0.25, 0.3) is 0 Å². The molecule has 0 fully saturated rings. The van der Waals surface area contributed by atoms with Crippen LogP contribution in [0, 0.1) is 17.3 Å². The van der Waals surface area contributed by atoms with Crippen molar-refractivity contribution in [2.75, 3.05) is 0 Å². The SMILES string of the molecule is CC(C)CC(C)(C)C(C)CCC(C)(C)c1cn(CS)nn1. The summed E-state index contributed by atoms with van der Waals surface area (Å²) in [5.41, 5.74) is 1.54. The molecule has 1 heterocycles. The molecular weight excluding hydrogens is 278 g/mol. The van der Waals surface area contributed by atoms with E-state index in [1.807, 2.05) is 6.20 Å².